The predicted octanol–water partition coefficient (Wildman–Crippen LogP) is 4.71. The first-order chi connectivity index (χ1) is 14.0. The quantitative estimate of drug-likeness (QED) is 0.473. The van der Waals surface area contributed by atoms with Crippen molar-refractivity contribution in [1.29, 1.82) is 0 Å². The van der Waals surface area contributed by atoms with Crippen LogP contribution in [0, 0.1) is 16.0 Å². The van der Waals surface area contributed by atoms with Crippen molar-refractivity contribution in [3.8, 4) is 0 Å². The van der Waals surface area contributed by atoms with Gasteiger partial charge < -0.3 is 15.5 Å². The van der Waals surface area contributed by atoms with Gasteiger partial charge in [-0.1, -0.05) is 43.0 Å². The lowest BCUT2D eigenvalue weighted by molar-refractivity contribution is -0.384. The van der Waals surface area contributed by atoms with Crippen LogP contribution >= 0.6 is 11.6 Å². The fourth-order valence-corrected chi connectivity index (χ4v) is 3.94. The molecule has 8 nitrogen and oxygen atoms in total. The molecule has 3 rings (SSSR count). The number of aromatic nitrogens is 2. The Hall–Kier alpha value is -2.61. The second-order valence-electron chi connectivity index (χ2n) is 7.57. The molecule has 0 spiro atoms. The number of nitrogens with zero attached hydrogens (tertiary/aromatic N) is 4. The highest BCUT2D eigenvalue weighted by atomic mass is 35.5. The first kappa shape index (κ1) is 21.1. The molecule has 1 aromatic heterocycles. The first-order valence-corrected chi connectivity index (χ1v) is 10.3. The van der Waals surface area contributed by atoms with E-state index in [0.717, 1.165) is 24.1 Å². The molecule has 0 unspecified atom stereocenters. The summed E-state index contributed by atoms with van der Waals surface area (Å²) in [6, 6.07) is 5.81. The number of hydrogen-bond acceptors (Lipinski definition) is 7. The number of benzene rings is 1. The maximum absolute atomic E-state index is 11.4. The Morgan fingerprint density at radius 3 is 2.69 bits per heavy atom. The van der Waals surface area contributed by atoms with Crippen LogP contribution in [0.1, 0.15) is 37.7 Å². The molecule has 0 atom stereocenters. The van der Waals surface area contributed by atoms with E-state index in [1.54, 1.807) is 0 Å². The second kappa shape index (κ2) is 9.73. The summed E-state index contributed by atoms with van der Waals surface area (Å²) in [5.41, 5.74) is 1.71. The zero-order chi connectivity index (χ0) is 20.8. The van der Waals surface area contributed by atoms with Crippen molar-refractivity contribution in [2.75, 3.05) is 36.2 Å². The van der Waals surface area contributed by atoms with Crippen LogP contribution in [0.25, 0.3) is 0 Å². The fraction of sp³-hybridized carbons (Fsp3) is 0.500. The lowest BCUT2D eigenvalue weighted by Crippen LogP contribution is -2.19. The molecule has 9 heteroatoms. The van der Waals surface area contributed by atoms with Gasteiger partial charge in [-0.2, -0.15) is 4.98 Å². The van der Waals surface area contributed by atoms with Gasteiger partial charge in [0.2, 0.25) is 11.8 Å². The summed E-state index contributed by atoms with van der Waals surface area (Å²) in [5.74, 6) is 1.11. The normalized spacial score (nSPS) is 14.4. The molecule has 0 bridgehead atoms. The molecule has 2 N–H and O–H groups in total. The zero-order valence-electron chi connectivity index (χ0n) is 16.8. The highest BCUT2D eigenvalue weighted by Crippen LogP contribution is 2.29. The summed E-state index contributed by atoms with van der Waals surface area (Å²) in [7, 11) is 3.87. The molecule has 1 aliphatic rings. The van der Waals surface area contributed by atoms with Crippen molar-refractivity contribution in [3.63, 3.8) is 0 Å². The molecule has 1 aliphatic carbocycles. The van der Waals surface area contributed by atoms with Crippen LogP contribution < -0.4 is 15.5 Å². The topological polar surface area (TPSA) is 96.2 Å². The summed E-state index contributed by atoms with van der Waals surface area (Å²) in [4.78, 5) is 21.3. The van der Waals surface area contributed by atoms with Crippen LogP contribution in [-0.4, -0.2) is 35.5 Å². The Balaban J connectivity index is 1.71. The third-order valence-corrected chi connectivity index (χ3v) is 5.66. The van der Waals surface area contributed by atoms with Gasteiger partial charge in [0.1, 0.15) is 6.20 Å². The predicted molar refractivity (Wildman–Crippen MR) is 117 cm³/mol. The summed E-state index contributed by atoms with van der Waals surface area (Å²) < 4.78 is 0. The molecule has 0 saturated heterocycles. The van der Waals surface area contributed by atoms with Crippen LogP contribution in [0.5, 0.6) is 0 Å². The molecule has 0 aliphatic heterocycles. The van der Waals surface area contributed by atoms with Crippen molar-refractivity contribution < 1.29 is 4.92 Å². The molecule has 1 aromatic carbocycles. The van der Waals surface area contributed by atoms with Crippen LogP contribution in [-0.2, 0) is 6.54 Å². The van der Waals surface area contributed by atoms with Gasteiger partial charge in [-0.05, 0) is 30.4 Å². The van der Waals surface area contributed by atoms with Gasteiger partial charge in [0, 0.05) is 27.2 Å². The minimum absolute atomic E-state index is 0.112. The molecule has 1 saturated carbocycles. The van der Waals surface area contributed by atoms with E-state index < -0.39 is 4.92 Å². The monoisotopic (exact) mass is 418 g/mol. The SMILES string of the molecule is CN(C)c1cccc(CNc2ncc([N+](=O)[O-])c(NCC3CCCCC3)n2)c1Cl. The van der Waals surface area contributed by atoms with E-state index in [2.05, 4.69) is 20.6 Å². The highest BCUT2D eigenvalue weighted by molar-refractivity contribution is 6.34. The van der Waals surface area contributed by atoms with E-state index in [-0.39, 0.29) is 11.5 Å². The van der Waals surface area contributed by atoms with Crippen LogP contribution in [0.4, 0.5) is 23.1 Å². The Morgan fingerprint density at radius 1 is 1.24 bits per heavy atom. The van der Waals surface area contributed by atoms with Crippen molar-refractivity contribution in [2.24, 2.45) is 5.92 Å². The lowest BCUT2D eigenvalue weighted by atomic mass is 9.89. The molecule has 0 radical (unpaired) electrons. The molecule has 29 heavy (non-hydrogen) atoms. The van der Waals surface area contributed by atoms with E-state index in [4.69, 9.17) is 11.6 Å². The van der Waals surface area contributed by atoms with Crippen LogP contribution in [0.15, 0.2) is 24.4 Å². The van der Waals surface area contributed by atoms with Gasteiger partial charge >= 0.3 is 5.69 Å². The third kappa shape index (κ3) is 5.47. The molecular formula is C20H27ClN6O2. The number of anilines is 3. The summed E-state index contributed by atoms with van der Waals surface area (Å²) in [6.07, 6.45) is 7.26. The molecule has 156 valence electrons. The molecular weight excluding hydrogens is 392 g/mol. The van der Waals surface area contributed by atoms with E-state index in [1.807, 2.05) is 37.2 Å². The van der Waals surface area contributed by atoms with Crippen LogP contribution in [0.2, 0.25) is 5.02 Å². The van der Waals surface area contributed by atoms with Crippen molar-refractivity contribution in [1.82, 2.24) is 9.97 Å². The number of halogens is 1. The number of rotatable bonds is 8. The Labute approximate surface area is 175 Å². The van der Waals surface area contributed by atoms with Gasteiger partial charge in [0.05, 0.1) is 15.6 Å². The Bertz CT molecular complexity index is 855. The molecule has 1 fully saturated rings. The minimum atomic E-state index is -0.454. The lowest BCUT2D eigenvalue weighted by Gasteiger charge is -2.22. The van der Waals surface area contributed by atoms with Crippen molar-refractivity contribution in [3.05, 3.63) is 45.1 Å². The maximum atomic E-state index is 11.4. The maximum Gasteiger partial charge on any atom is 0.329 e. The number of hydrogen-bond donors (Lipinski definition) is 2. The Kier molecular flexibility index (Phi) is 7.09. The second-order valence-corrected chi connectivity index (χ2v) is 7.95. The van der Waals surface area contributed by atoms with Gasteiger partial charge in [-0.3, -0.25) is 10.1 Å². The zero-order valence-corrected chi connectivity index (χ0v) is 17.6. The minimum Gasteiger partial charge on any atom is -0.376 e. The van der Waals surface area contributed by atoms with E-state index >= 15 is 0 Å². The standard InChI is InChI=1S/C20H27ClN6O2/c1-26(2)16-10-6-9-15(18(16)21)12-23-20-24-13-17(27(28)29)19(25-20)22-11-14-7-4-3-5-8-14/h6,9-10,13-14H,3-5,7-8,11-12H2,1-2H3,(H2,22,23,24,25). The van der Waals surface area contributed by atoms with Crippen molar-refractivity contribution >= 4 is 34.7 Å². The molecule has 1 heterocycles. The Morgan fingerprint density at radius 2 is 2.00 bits per heavy atom. The van der Waals surface area contributed by atoms with Gasteiger partial charge in [0.25, 0.3) is 0 Å². The number of nitro groups is 1. The summed E-state index contributed by atoms with van der Waals surface area (Å²) in [6.45, 7) is 1.11. The number of nitrogens with one attached hydrogen (secondary N) is 2. The van der Waals surface area contributed by atoms with E-state index in [1.165, 1.54) is 25.5 Å². The third-order valence-electron chi connectivity index (χ3n) is 5.23. The molecule has 2 aromatic rings. The molecule has 0 amide bonds. The van der Waals surface area contributed by atoms with Crippen LogP contribution in [0.3, 0.4) is 0 Å². The van der Waals surface area contributed by atoms with Crippen molar-refractivity contribution in [2.45, 2.75) is 38.6 Å². The average molecular weight is 419 g/mol. The fourth-order valence-electron chi connectivity index (χ4n) is 3.58. The van der Waals surface area contributed by atoms with Gasteiger partial charge in [-0.25, -0.2) is 4.98 Å². The van der Waals surface area contributed by atoms with E-state index in [0.29, 0.717) is 30.0 Å². The highest BCUT2D eigenvalue weighted by Gasteiger charge is 2.20. The van der Waals surface area contributed by atoms with Gasteiger partial charge in [0.15, 0.2) is 0 Å². The smallest absolute Gasteiger partial charge is 0.329 e. The average Bonchev–Trinajstić information content (AvgIpc) is 2.72. The van der Waals surface area contributed by atoms with Gasteiger partial charge in [-0.15, -0.1) is 0 Å². The summed E-state index contributed by atoms with van der Waals surface area (Å²) >= 11 is 6.48. The largest absolute Gasteiger partial charge is 0.376 e. The first-order valence-electron chi connectivity index (χ1n) is 9.89. The summed E-state index contributed by atoms with van der Waals surface area (Å²) in [5, 5.41) is 18.3. The van der Waals surface area contributed by atoms with E-state index in [9.17, 15) is 10.1 Å².